The number of anilines is 1. The highest BCUT2D eigenvalue weighted by Crippen LogP contribution is 2.19. The van der Waals surface area contributed by atoms with Gasteiger partial charge in [0.15, 0.2) is 0 Å². The molecular weight excluding hydrogens is 322 g/mol. The average Bonchev–Trinajstić information content (AvgIpc) is 2.51. The van der Waals surface area contributed by atoms with E-state index in [4.69, 9.17) is 11.6 Å². The van der Waals surface area contributed by atoms with E-state index in [0.717, 1.165) is 17.7 Å². The zero-order valence-electron chi connectivity index (χ0n) is 12.8. The molecule has 0 aliphatic carbocycles. The van der Waals surface area contributed by atoms with E-state index in [1.807, 2.05) is 18.2 Å². The summed E-state index contributed by atoms with van der Waals surface area (Å²) in [5, 5.41) is 3.09. The monoisotopic (exact) mass is 338 g/mol. The van der Waals surface area contributed by atoms with Crippen LogP contribution in [0.3, 0.4) is 0 Å². The van der Waals surface area contributed by atoms with Crippen molar-refractivity contribution < 1.29 is 13.6 Å². The van der Waals surface area contributed by atoms with Gasteiger partial charge in [-0.3, -0.25) is 9.69 Å². The molecular formula is C17H17ClF2N2O. The van der Waals surface area contributed by atoms with Gasteiger partial charge in [-0.15, -0.1) is 0 Å². The number of hydrogen-bond donors (Lipinski definition) is 1. The molecule has 122 valence electrons. The maximum absolute atomic E-state index is 13.6. The Morgan fingerprint density at radius 3 is 2.61 bits per heavy atom. The molecule has 1 amide bonds. The van der Waals surface area contributed by atoms with Crippen molar-refractivity contribution in [1.82, 2.24) is 4.90 Å². The third-order valence-electron chi connectivity index (χ3n) is 3.61. The summed E-state index contributed by atoms with van der Waals surface area (Å²) in [6, 6.07) is 9.86. The SMILES string of the molecule is CC(C(=O)Nc1ccc(F)cc1F)N(C)Cc1ccccc1Cl. The molecule has 0 aliphatic rings. The Labute approximate surface area is 138 Å². The summed E-state index contributed by atoms with van der Waals surface area (Å²) in [6.07, 6.45) is 0. The fraction of sp³-hybridized carbons (Fsp3) is 0.235. The summed E-state index contributed by atoms with van der Waals surface area (Å²) < 4.78 is 26.5. The summed E-state index contributed by atoms with van der Waals surface area (Å²) >= 11 is 6.11. The zero-order valence-corrected chi connectivity index (χ0v) is 13.6. The molecule has 0 aromatic heterocycles. The maximum atomic E-state index is 13.6. The van der Waals surface area contributed by atoms with Gasteiger partial charge in [-0.25, -0.2) is 8.78 Å². The van der Waals surface area contributed by atoms with E-state index in [2.05, 4.69) is 5.32 Å². The predicted octanol–water partition coefficient (Wildman–Crippen LogP) is 4.08. The standard InChI is InChI=1S/C17H17ClF2N2O/c1-11(22(2)10-12-5-3-4-6-14(12)18)17(23)21-16-8-7-13(19)9-15(16)20/h3-9,11H,10H2,1-2H3,(H,21,23). The summed E-state index contributed by atoms with van der Waals surface area (Å²) in [5.74, 6) is -1.88. The number of nitrogens with one attached hydrogen (secondary N) is 1. The van der Waals surface area contributed by atoms with Crippen LogP contribution in [0.5, 0.6) is 0 Å². The molecule has 1 atom stereocenters. The Bertz CT molecular complexity index is 709. The van der Waals surface area contributed by atoms with Crippen LogP contribution in [0.15, 0.2) is 42.5 Å². The Morgan fingerprint density at radius 2 is 1.96 bits per heavy atom. The molecule has 0 radical (unpaired) electrons. The molecule has 2 rings (SSSR count). The summed E-state index contributed by atoms with van der Waals surface area (Å²) in [5.41, 5.74) is 0.846. The molecule has 3 nitrogen and oxygen atoms in total. The lowest BCUT2D eigenvalue weighted by atomic mass is 10.2. The van der Waals surface area contributed by atoms with E-state index in [9.17, 15) is 13.6 Å². The quantitative estimate of drug-likeness (QED) is 0.891. The van der Waals surface area contributed by atoms with E-state index in [1.165, 1.54) is 6.07 Å². The van der Waals surface area contributed by atoms with Gasteiger partial charge in [0.05, 0.1) is 11.7 Å². The van der Waals surface area contributed by atoms with Crippen LogP contribution in [0.1, 0.15) is 12.5 Å². The third-order valence-corrected chi connectivity index (χ3v) is 3.98. The van der Waals surface area contributed by atoms with Crippen LogP contribution in [0.2, 0.25) is 5.02 Å². The smallest absolute Gasteiger partial charge is 0.241 e. The Hall–Kier alpha value is -1.98. The van der Waals surface area contributed by atoms with Crippen LogP contribution in [0.4, 0.5) is 14.5 Å². The number of likely N-dealkylation sites (N-methyl/N-ethyl adjacent to an activating group) is 1. The highest BCUT2D eigenvalue weighted by molar-refractivity contribution is 6.31. The van der Waals surface area contributed by atoms with Crippen molar-refractivity contribution in [2.75, 3.05) is 12.4 Å². The molecule has 1 N–H and O–H groups in total. The van der Waals surface area contributed by atoms with Gasteiger partial charge in [0.2, 0.25) is 5.91 Å². The minimum Gasteiger partial charge on any atom is -0.322 e. The van der Waals surface area contributed by atoms with Crippen LogP contribution >= 0.6 is 11.6 Å². The van der Waals surface area contributed by atoms with Crippen LogP contribution in [0.25, 0.3) is 0 Å². The van der Waals surface area contributed by atoms with Gasteiger partial charge in [-0.2, -0.15) is 0 Å². The number of benzene rings is 2. The van der Waals surface area contributed by atoms with Gasteiger partial charge in [-0.1, -0.05) is 29.8 Å². The first-order valence-electron chi connectivity index (χ1n) is 7.08. The first kappa shape index (κ1) is 17.4. The van der Waals surface area contributed by atoms with E-state index in [-0.39, 0.29) is 11.6 Å². The lowest BCUT2D eigenvalue weighted by Gasteiger charge is -2.24. The molecule has 23 heavy (non-hydrogen) atoms. The largest absolute Gasteiger partial charge is 0.322 e. The minimum absolute atomic E-state index is 0.0469. The van der Waals surface area contributed by atoms with Crippen molar-refractivity contribution in [3.05, 3.63) is 64.7 Å². The summed E-state index contributed by atoms with van der Waals surface area (Å²) in [6.45, 7) is 2.17. The highest BCUT2D eigenvalue weighted by atomic mass is 35.5. The molecule has 1 unspecified atom stereocenters. The van der Waals surface area contributed by atoms with E-state index < -0.39 is 17.7 Å². The molecule has 2 aromatic rings. The number of carbonyl (C=O) groups is 1. The number of carbonyl (C=O) groups excluding carboxylic acids is 1. The van der Waals surface area contributed by atoms with Crippen molar-refractivity contribution in [2.24, 2.45) is 0 Å². The second kappa shape index (κ2) is 7.53. The molecule has 2 aromatic carbocycles. The molecule has 0 heterocycles. The molecule has 0 aliphatic heterocycles. The van der Waals surface area contributed by atoms with Crippen LogP contribution < -0.4 is 5.32 Å². The lowest BCUT2D eigenvalue weighted by molar-refractivity contribution is -0.120. The van der Waals surface area contributed by atoms with Gasteiger partial charge < -0.3 is 5.32 Å². The van der Waals surface area contributed by atoms with Crippen LogP contribution in [0, 0.1) is 11.6 Å². The van der Waals surface area contributed by atoms with Crippen molar-refractivity contribution >= 4 is 23.2 Å². The van der Waals surface area contributed by atoms with Crippen molar-refractivity contribution in [1.29, 1.82) is 0 Å². The highest BCUT2D eigenvalue weighted by Gasteiger charge is 2.20. The fourth-order valence-corrected chi connectivity index (χ4v) is 2.26. The second-order valence-corrected chi connectivity index (χ2v) is 5.70. The molecule has 0 saturated heterocycles. The van der Waals surface area contributed by atoms with Crippen LogP contribution in [-0.2, 0) is 11.3 Å². The van der Waals surface area contributed by atoms with Gasteiger partial charge >= 0.3 is 0 Å². The normalized spacial score (nSPS) is 12.3. The summed E-state index contributed by atoms with van der Waals surface area (Å²) in [7, 11) is 1.77. The van der Waals surface area contributed by atoms with E-state index >= 15 is 0 Å². The zero-order chi connectivity index (χ0) is 17.0. The van der Waals surface area contributed by atoms with Crippen LogP contribution in [-0.4, -0.2) is 23.9 Å². The molecule has 0 bridgehead atoms. The number of hydrogen-bond acceptors (Lipinski definition) is 2. The fourth-order valence-electron chi connectivity index (χ4n) is 2.06. The predicted molar refractivity (Wildman–Crippen MR) is 87.4 cm³/mol. The third kappa shape index (κ3) is 4.50. The first-order valence-corrected chi connectivity index (χ1v) is 7.46. The first-order chi connectivity index (χ1) is 10.9. The van der Waals surface area contributed by atoms with Gasteiger partial charge in [0.1, 0.15) is 11.6 Å². The maximum Gasteiger partial charge on any atom is 0.241 e. The number of amides is 1. The van der Waals surface area contributed by atoms with Gasteiger partial charge in [-0.05, 0) is 37.7 Å². The number of nitrogens with zero attached hydrogens (tertiary/aromatic N) is 1. The van der Waals surface area contributed by atoms with E-state index in [1.54, 1.807) is 24.9 Å². The molecule has 0 fully saturated rings. The molecule has 0 saturated carbocycles. The summed E-state index contributed by atoms with van der Waals surface area (Å²) in [4.78, 5) is 14.0. The van der Waals surface area contributed by atoms with Gasteiger partial charge in [0.25, 0.3) is 0 Å². The Morgan fingerprint density at radius 1 is 1.26 bits per heavy atom. The second-order valence-electron chi connectivity index (χ2n) is 5.30. The Balaban J connectivity index is 2.02. The van der Waals surface area contributed by atoms with Gasteiger partial charge in [0, 0.05) is 17.6 Å². The van der Waals surface area contributed by atoms with Crippen molar-refractivity contribution in [2.45, 2.75) is 19.5 Å². The van der Waals surface area contributed by atoms with E-state index in [0.29, 0.717) is 11.6 Å². The van der Waals surface area contributed by atoms with Crippen molar-refractivity contribution in [3.63, 3.8) is 0 Å². The Kier molecular flexibility index (Phi) is 5.69. The lowest BCUT2D eigenvalue weighted by Crippen LogP contribution is -2.39. The minimum atomic E-state index is -0.806. The van der Waals surface area contributed by atoms with Crippen molar-refractivity contribution in [3.8, 4) is 0 Å². The molecule has 0 spiro atoms. The number of halogens is 3. The number of rotatable bonds is 5. The average molecular weight is 339 g/mol. The molecule has 6 heteroatoms. The topological polar surface area (TPSA) is 32.3 Å².